The van der Waals surface area contributed by atoms with E-state index in [1.807, 2.05) is 0 Å². The van der Waals surface area contributed by atoms with Crippen molar-refractivity contribution >= 4 is 18.0 Å². The second-order valence-corrected chi connectivity index (χ2v) is 4.85. The van der Waals surface area contributed by atoms with Gasteiger partial charge in [-0.25, -0.2) is 4.79 Å². The number of nitrogens with one attached hydrogen (secondary N) is 1. The van der Waals surface area contributed by atoms with Crippen LogP contribution in [0, 0.1) is 0 Å². The Bertz CT molecular complexity index is 519. The van der Waals surface area contributed by atoms with Crippen LogP contribution in [-0.2, 0) is 9.53 Å². The molecule has 0 aromatic carbocycles. The molecule has 1 amide bonds. The fourth-order valence-corrected chi connectivity index (χ4v) is 2.07. The van der Waals surface area contributed by atoms with Gasteiger partial charge in [0, 0.05) is 25.4 Å². The van der Waals surface area contributed by atoms with E-state index in [1.165, 1.54) is 12.3 Å². The largest absolute Gasteiger partial charge is 0.478 e. The molecule has 0 aliphatic carbocycles. The summed E-state index contributed by atoms with van der Waals surface area (Å²) in [7, 11) is 0. The molecule has 0 saturated carbocycles. The lowest BCUT2D eigenvalue weighted by Crippen LogP contribution is -2.35. The zero-order chi connectivity index (χ0) is 15.1. The lowest BCUT2D eigenvalue weighted by atomic mass is 10.1. The van der Waals surface area contributed by atoms with E-state index in [-0.39, 0.29) is 12.0 Å². The average Bonchev–Trinajstić information content (AvgIpc) is 2.52. The van der Waals surface area contributed by atoms with Crippen LogP contribution in [-0.4, -0.2) is 41.2 Å². The molecule has 0 bridgehead atoms. The molecular formula is C15H18N2O4. The number of carboxylic acids is 1. The van der Waals surface area contributed by atoms with Crippen molar-refractivity contribution in [3.05, 3.63) is 35.7 Å². The smallest absolute Gasteiger partial charge is 0.328 e. The maximum Gasteiger partial charge on any atom is 0.328 e. The van der Waals surface area contributed by atoms with Crippen molar-refractivity contribution in [2.75, 3.05) is 13.2 Å². The quantitative estimate of drug-likeness (QED) is 0.802. The van der Waals surface area contributed by atoms with Gasteiger partial charge in [0.2, 0.25) is 0 Å². The summed E-state index contributed by atoms with van der Waals surface area (Å²) >= 11 is 0. The number of ether oxygens (including phenoxy) is 1. The van der Waals surface area contributed by atoms with Crippen LogP contribution in [0.25, 0.3) is 6.08 Å². The maximum atomic E-state index is 11.9. The summed E-state index contributed by atoms with van der Waals surface area (Å²) in [4.78, 5) is 26.3. The average molecular weight is 290 g/mol. The van der Waals surface area contributed by atoms with Gasteiger partial charge in [-0.15, -0.1) is 0 Å². The molecule has 0 radical (unpaired) electrons. The van der Waals surface area contributed by atoms with E-state index in [2.05, 4.69) is 10.3 Å². The highest BCUT2D eigenvalue weighted by Crippen LogP contribution is 2.11. The standard InChI is InChI=1S/C15H18N2O4/c18-14(19)7-5-11-4-6-13(16-9-11)15(20)17-10-12-3-1-2-8-21-12/h4-7,9,12H,1-3,8,10H2,(H,17,20)(H,18,19). The second kappa shape index (κ2) is 7.54. The summed E-state index contributed by atoms with van der Waals surface area (Å²) in [6.07, 6.45) is 7.17. The molecule has 1 aromatic heterocycles. The number of aliphatic carboxylic acids is 1. The lowest BCUT2D eigenvalue weighted by Gasteiger charge is -2.22. The molecular weight excluding hydrogens is 272 g/mol. The zero-order valence-corrected chi connectivity index (χ0v) is 11.6. The van der Waals surface area contributed by atoms with Crippen LogP contribution in [0.3, 0.4) is 0 Å². The van der Waals surface area contributed by atoms with E-state index in [4.69, 9.17) is 9.84 Å². The van der Waals surface area contributed by atoms with Crippen molar-refractivity contribution < 1.29 is 19.4 Å². The first-order chi connectivity index (χ1) is 10.1. The molecule has 1 saturated heterocycles. The third-order valence-corrected chi connectivity index (χ3v) is 3.20. The van der Waals surface area contributed by atoms with Crippen LogP contribution in [0.5, 0.6) is 0 Å². The van der Waals surface area contributed by atoms with Crippen LogP contribution in [0.2, 0.25) is 0 Å². The summed E-state index contributed by atoms with van der Waals surface area (Å²) in [6, 6.07) is 3.22. The summed E-state index contributed by atoms with van der Waals surface area (Å²) < 4.78 is 5.54. The molecule has 1 unspecified atom stereocenters. The van der Waals surface area contributed by atoms with E-state index in [1.54, 1.807) is 12.1 Å². The molecule has 1 aromatic rings. The minimum atomic E-state index is -1.02. The van der Waals surface area contributed by atoms with Gasteiger partial charge in [0.15, 0.2) is 0 Å². The van der Waals surface area contributed by atoms with Crippen LogP contribution in [0.15, 0.2) is 24.4 Å². The van der Waals surface area contributed by atoms with Gasteiger partial charge in [0.05, 0.1) is 6.10 Å². The van der Waals surface area contributed by atoms with E-state index in [0.717, 1.165) is 31.9 Å². The van der Waals surface area contributed by atoms with Crippen LogP contribution >= 0.6 is 0 Å². The molecule has 0 spiro atoms. The number of nitrogens with zero attached hydrogens (tertiary/aromatic N) is 1. The summed E-state index contributed by atoms with van der Waals surface area (Å²) in [5, 5.41) is 11.3. The Morgan fingerprint density at radius 3 is 2.90 bits per heavy atom. The van der Waals surface area contributed by atoms with Crippen molar-refractivity contribution in [2.45, 2.75) is 25.4 Å². The van der Waals surface area contributed by atoms with Gasteiger partial charge in [-0.3, -0.25) is 9.78 Å². The number of aromatic nitrogens is 1. The highest BCUT2D eigenvalue weighted by molar-refractivity contribution is 5.92. The van der Waals surface area contributed by atoms with Crippen LogP contribution < -0.4 is 5.32 Å². The number of amides is 1. The Balaban J connectivity index is 1.85. The topological polar surface area (TPSA) is 88.5 Å². The van der Waals surface area contributed by atoms with E-state index < -0.39 is 5.97 Å². The Morgan fingerprint density at radius 1 is 1.43 bits per heavy atom. The molecule has 2 rings (SSSR count). The first-order valence-corrected chi connectivity index (χ1v) is 6.92. The summed E-state index contributed by atoms with van der Waals surface area (Å²) in [5.41, 5.74) is 0.933. The first kappa shape index (κ1) is 15.2. The highest BCUT2D eigenvalue weighted by atomic mass is 16.5. The molecule has 1 aliphatic heterocycles. The minimum absolute atomic E-state index is 0.0838. The van der Waals surface area contributed by atoms with Crippen molar-refractivity contribution in [1.82, 2.24) is 10.3 Å². The molecule has 1 atom stereocenters. The predicted octanol–water partition coefficient (Wildman–Crippen LogP) is 1.48. The van der Waals surface area contributed by atoms with Gasteiger partial charge in [-0.1, -0.05) is 6.07 Å². The van der Waals surface area contributed by atoms with E-state index in [0.29, 0.717) is 17.8 Å². The van der Waals surface area contributed by atoms with Crippen molar-refractivity contribution in [1.29, 1.82) is 0 Å². The fraction of sp³-hybridized carbons (Fsp3) is 0.400. The van der Waals surface area contributed by atoms with E-state index in [9.17, 15) is 9.59 Å². The van der Waals surface area contributed by atoms with Gasteiger partial charge in [-0.2, -0.15) is 0 Å². The van der Waals surface area contributed by atoms with Crippen molar-refractivity contribution in [2.24, 2.45) is 0 Å². The normalized spacial score (nSPS) is 18.6. The Kier molecular flexibility index (Phi) is 5.45. The number of carbonyl (C=O) groups excluding carboxylic acids is 1. The third-order valence-electron chi connectivity index (χ3n) is 3.20. The predicted molar refractivity (Wildman–Crippen MR) is 76.8 cm³/mol. The van der Waals surface area contributed by atoms with Gasteiger partial charge in [0.25, 0.3) is 5.91 Å². The number of hydrogen-bond donors (Lipinski definition) is 2. The molecule has 6 nitrogen and oxygen atoms in total. The number of carbonyl (C=O) groups is 2. The van der Waals surface area contributed by atoms with Gasteiger partial charge in [0.1, 0.15) is 5.69 Å². The highest BCUT2D eigenvalue weighted by Gasteiger charge is 2.15. The molecule has 2 heterocycles. The Morgan fingerprint density at radius 2 is 2.29 bits per heavy atom. The summed E-state index contributed by atoms with van der Waals surface area (Å²) in [6.45, 7) is 1.24. The molecule has 1 aliphatic rings. The number of hydrogen-bond acceptors (Lipinski definition) is 4. The van der Waals surface area contributed by atoms with E-state index >= 15 is 0 Å². The number of carboxylic acid groups (broad SMARTS) is 1. The van der Waals surface area contributed by atoms with Crippen LogP contribution in [0.1, 0.15) is 35.3 Å². The molecule has 6 heteroatoms. The zero-order valence-electron chi connectivity index (χ0n) is 11.6. The second-order valence-electron chi connectivity index (χ2n) is 4.85. The Labute approximate surface area is 122 Å². The minimum Gasteiger partial charge on any atom is -0.478 e. The van der Waals surface area contributed by atoms with Gasteiger partial charge in [-0.05, 0) is 37.0 Å². The van der Waals surface area contributed by atoms with Crippen LogP contribution in [0.4, 0.5) is 0 Å². The first-order valence-electron chi connectivity index (χ1n) is 6.92. The maximum absolute atomic E-state index is 11.9. The van der Waals surface area contributed by atoms with Crippen molar-refractivity contribution in [3.63, 3.8) is 0 Å². The fourth-order valence-electron chi connectivity index (χ4n) is 2.07. The van der Waals surface area contributed by atoms with Gasteiger partial charge < -0.3 is 15.2 Å². The molecule has 1 fully saturated rings. The van der Waals surface area contributed by atoms with Gasteiger partial charge >= 0.3 is 5.97 Å². The molecule has 2 N–H and O–H groups in total. The molecule has 112 valence electrons. The lowest BCUT2D eigenvalue weighted by molar-refractivity contribution is -0.131. The monoisotopic (exact) mass is 290 g/mol. The van der Waals surface area contributed by atoms with Crippen molar-refractivity contribution in [3.8, 4) is 0 Å². The SMILES string of the molecule is O=C(O)C=Cc1ccc(C(=O)NCC2CCCCO2)nc1. The third kappa shape index (κ3) is 5.00. The Hall–Kier alpha value is -2.21. The summed E-state index contributed by atoms with van der Waals surface area (Å²) in [5.74, 6) is -1.28. The molecule has 21 heavy (non-hydrogen) atoms. The number of pyridine rings is 1. The number of rotatable bonds is 5.